The lowest BCUT2D eigenvalue weighted by molar-refractivity contribution is -0.143. The summed E-state index contributed by atoms with van der Waals surface area (Å²) < 4.78 is 56.8. The van der Waals surface area contributed by atoms with Gasteiger partial charge in [-0.2, -0.15) is 18.3 Å². The van der Waals surface area contributed by atoms with E-state index in [1.54, 1.807) is 22.9 Å². The van der Waals surface area contributed by atoms with E-state index in [-0.39, 0.29) is 5.69 Å². The second kappa shape index (κ2) is 8.49. The quantitative estimate of drug-likeness (QED) is 0.446. The molecule has 2 heterocycles. The van der Waals surface area contributed by atoms with Crippen molar-refractivity contribution in [3.63, 3.8) is 0 Å². The number of nitrogens with one attached hydrogen (secondary N) is 1. The first kappa shape index (κ1) is 22.2. The monoisotopic (exact) mass is 458 g/mol. The second-order valence-corrected chi connectivity index (χ2v) is 7.41. The molecule has 0 saturated carbocycles. The molecule has 2 aromatic carbocycles. The van der Waals surface area contributed by atoms with Crippen molar-refractivity contribution < 1.29 is 22.4 Å². The minimum absolute atomic E-state index is 0.0813. The lowest BCUT2D eigenvalue weighted by Gasteiger charge is -2.12. The van der Waals surface area contributed by atoms with Crippen LogP contribution in [0.1, 0.15) is 33.1 Å². The Bertz CT molecular complexity index is 1310. The van der Waals surface area contributed by atoms with Gasteiger partial charge >= 0.3 is 6.18 Å². The Morgan fingerprint density at radius 3 is 2.42 bits per heavy atom. The van der Waals surface area contributed by atoms with Gasteiger partial charge in [0.1, 0.15) is 5.82 Å². The van der Waals surface area contributed by atoms with Crippen LogP contribution < -0.4 is 5.32 Å². The molecule has 7 nitrogen and oxygen atoms in total. The van der Waals surface area contributed by atoms with E-state index in [2.05, 4.69) is 20.7 Å². The lowest BCUT2D eigenvalue weighted by Crippen LogP contribution is -2.21. The molecule has 0 bridgehead atoms. The maximum absolute atomic E-state index is 13.8. The number of carbonyl (C=O) groups is 1. The number of aryl methyl sites for hydroxylation is 2. The summed E-state index contributed by atoms with van der Waals surface area (Å²) >= 11 is 0. The topological polar surface area (TPSA) is 77.6 Å². The van der Waals surface area contributed by atoms with Crippen molar-refractivity contribution in [2.45, 2.75) is 26.6 Å². The van der Waals surface area contributed by atoms with Crippen LogP contribution in [0.15, 0.2) is 54.6 Å². The predicted octanol–water partition coefficient (Wildman–Crippen LogP) is 4.54. The fourth-order valence-electron chi connectivity index (χ4n) is 3.40. The highest BCUT2D eigenvalue weighted by atomic mass is 19.4. The predicted molar refractivity (Wildman–Crippen MR) is 112 cm³/mol. The van der Waals surface area contributed by atoms with Crippen LogP contribution in [-0.2, 0) is 12.7 Å². The van der Waals surface area contributed by atoms with Gasteiger partial charge in [-0.25, -0.2) is 9.07 Å². The van der Waals surface area contributed by atoms with E-state index in [0.29, 0.717) is 16.9 Å². The molecule has 4 aromatic rings. The maximum Gasteiger partial charge on any atom is 0.435 e. The van der Waals surface area contributed by atoms with E-state index in [9.17, 15) is 22.4 Å². The largest absolute Gasteiger partial charge is 0.435 e. The van der Waals surface area contributed by atoms with Crippen LogP contribution in [0.4, 0.5) is 23.2 Å². The molecular formula is C22H18F4N6O. The van der Waals surface area contributed by atoms with Gasteiger partial charge in [0, 0.05) is 11.4 Å². The fourth-order valence-corrected chi connectivity index (χ4v) is 3.40. The Morgan fingerprint density at radius 1 is 1.06 bits per heavy atom. The summed E-state index contributed by atoms with van der Waals surface area (Å²) in [5, 5.41) is 13.8. The summed E-state index contributed by atoms with van der Waals surface area (Å²) in [4.78, 5) is 12.7. The van der Waals surface area contributed by atoms with Crippen molar-refractivity contribution in [3.05, 3.63) is 88.8 Å². The number of anilines is 1. The molecular weight excluding hydrogens is 440 g/mol. The third kappa shape index (κ3) is 4.76. The van der Waals surface area contributed by atoms with Crippen LogP contribution in [0.5, 0.6) is 0 Å². The molecule has 4 rings (SSSR count). The summed E-state index contributed by atoms with van der Waals surface area (Å²) in [7, 11) is 0. The van der Waals surface area contributed by atoms with Gasteiger partial charge in [0.15, 0.2) is 11.4 Å². The average Bonchev–Trinajstić information content (AvgIpc) is 3.32. The normalized spacial score (nSPS) is 11.6. The molecule has 1 N–H and O–H groups in total. The highest BCUT2D eigenvalue weighted by molar-refractivity contribution is 6.03. The molecule has 0 atom stereocenters. The van der Waals surface area contributed by atoms with E-state index in [4.69, 9.17) is 0 Å². The van der Waals surface area contributed by atoms with Crippen molar-refractivity contribution in [1.29, 1.82) is 0 Å². The molecule has 0 unspecified atom stereocenters. The number of alkyl halides is 3. The zero-order valence-corrected chi connectivity index (χ0v) is 17.6. The molecule has 0 radical (unpaired) electrons. The van der Waals surface area contributed by atoms with Gasteiger partial charge in [-0.15, -0.1) is 5.10 Å². The van der Waals surface area contributed by atoms with Gasteiger partial charge in [0.05, 0.1) is 17.9 Å². The minimum atomic E-state index is -4.93. The van der Waals surface area contributed by atoms with Crippen LogP contribution in [0.25, 0.3) is 5.69 Å². The number of benzene rings is 2. The van der Waals surface area contributed by atoms with E-state index in [0.717, 1.165) is 41.2 Å². The molecule has 1 amide bonds. The van der Waals surface area contributed by atoms with E-state index < -0.39 is 29.3 Å². The first-order chi connectivity index (χ1) is 15.6. The molecule has 0 aliphatic rings. The van der Waals surface area contributed by atoms with E-state index in [1.807, 2.05) is 26.0 Å². The number of aromatic nitrogens is 5. The van der Waals surface area contributed by atoms with Crippen molar-refractivity contribution >= 4 is 11.6 Å². The van der Waals surface area contributed by atoms with Gasteiger partial charge < -0.3 is 5.32 Å². The van der Waals surface area contributed by atoms with Crippen LogP contribution >= 0.6 is 0 Å². The SMILES string of the molecule is Cc1cc(C)n(Cc2cccc(NC(=O)c3nnn(-c4ccc(F)cc4)c3C(F)(F)F)c2)n1. The molecule has 2 aromatic heterocycles. The molecule has 170 valence electrons. The van der Waals surface area contributed by atoms with E-state index in [1.165, 1.54) is 0 Å². The van der Waals surface area contributed by atoms with Crippen molar-refractivity contribution in [2.24, 2.45) is 0 Å². The molecule has 0 saturated heterocycles. The van der Waals surface area contributed by atoms with Gasteiger partial charge in [-0.1, -0.05) is 17.3 Å². The lowest BCUT2D eigenvalue weighted by atomic mass is 10.2. The molecule has 0 aliphatic heterocycles. The van der Waals surface area contributed by atoms with Crippen LogP contribution in [-0.4, -0.2) is 30.7 Å². The summed E-state index contributed by atoms with van der Waals surface area (Å²) in [6, 6.07) is 12.8. The first-order valence-corrected chi connectivity index (χ1v) is 9.82. The second-order valence-electron chi connectivity index (χ2n) is 7.41. The van der Waals surface area contributed by atoms with Crippen LogP contribution in [0.2, 0.25) is 0 Å². The molecule has 0 aliphatic carbocycles. The third-order valence-electron chi connectivity index (χ3n) is 4.85. The standard InChI is InChI=1S/C22H18F4N6O/c1-13-10-14(2)31(29-13)12-15-4-3-5-17(11-15)27-21(33)19-20(22(24,25)26)32(30-28-19)18-8-6-16(23)7-9-18/h3-11H,12H2,1-2H3,(H,27,33). The number of carbonyl (C=O) groups excluding carboxylic acids is 1. The molecule has 0 fully saturated rings. The third-order valence-corrected chi connectivity index (χ3v) is 4.85. The smallest absolute Gasteiger partial charge is 0.321 e. The summed E-state index contributed by atoms with van der Waals surface area (Å²) in [6.07, 6.45) is -4.93. The van der Waals surface area contributed by atoms with Crippen molar-refractivity contribution in [3.8, 4) is 5.69 Å². The average molecular weight is 458 g/mol. The zero-order valence-electron chi connectivity index (χ0n) is 17.6. The highest BCUT2D eigenvalue weighted by Crippen LogP contribution is 2.33. The fraction of sp³-hybridized carbons (Fsp3) is 0.182. The number of rotatable bonds is 5. The van der Waals surface area contributed by atoms with Gasteiger partial charge in [0.25, 0.3) is 5.91 Å². The maximum atomic E-state index is 13.8. The Kier molecular flexibility index (Phi) is 5.71. The number of amides is 1. The van der Waals surface area contributed by atoms with Gasteiger partial charge in [-0.3, -0.25) is 9.48 Å². The Hall–Kier alpha value is -4.02. The highest BCUT2D eigenvalue weighted by Gasteiger charge is 2.42. The van der Waals surface area contributed by atoms with E-state index >= 15 is 0 Å². The van der Waals surface area contributed by atoms with Gasteiger partial charge in [-0.05, 0) is 61.9 Å². The Morgan fingerprint density at radius 2 is 1.79 bits per heavy atom. The summed E-state index contributed by atoms with van der Waals surface area (Å²) in [5.41, 5.74) is 0.576. The number of hydrogen-bond donors (Lipinski definition) is 1. The minimum Gasteiger partial charge on any atom is -0.321 e. The van der Waals surface area contributed by atoms with Crippen molar-refractivity contribution in [1.82, 2.24) is 24.8 Å². The van der Waals surface area contributed by atoms with Crippen molar-refractivity contribution in [2.75, 3.05) is 5.32 Å². The van der Waals surface area contributed by atoms with Crippen LogP contribution in [0, 0.1) is 19.7 Å². The summed E-state index contributed by atoms with van der Waals surface area (Å²) in [5.74, 6) is -1.69. The number of hydrogen-bond acceptors (Lipinski definition) is 4. The van der Waals surface area contributed by atoms with Gasteiger partial charge in [0.2, 0.25) is 0 Å². The first-order valence-electron chi connectivity index (χ1n) is 9.82. The molecule has 11 heteroatoms. The number of nitrogens with zero attached hydrogens (tertiary/aromatic N) is 5. The number of halogens is 4. The van der Waals surface area contributed by atoms with Crippen LogP contribution in [0.3, 0.4) is 0 Å². The Labute approximate surface area is 185 Å². The Balaban J connectivity index is 1.61. The zero-order chi connectivity index (χ0) is 23.8. The molecule has 33 heavy (non-hydrogen) atoms. The summed E-state index contributed by atoms with van der Waals surface area (Å²) in [6.45, 7) is 4.21. The molecule has 0 spiro atoms.